The van der Waals surface area contributed by atoms with Crippen molar-refractivity contribution in [1.82, 2.24) is 0 Å². The molecule has 0 amide bonds. The minimum atomic E-state index is 0.866. The fourth-order valence-electron chi connectivity index (χ4n) is 2.55. The Bertz CT molecular complexity index is 192. The van der Waals surface area contributed by atoms with Gasteiger partial charge in [-0.2, -0.15) is 0 Å². The van der Waals surface area contributed by atoms with Crippen LogP contribution in [0, 0.1) is 0 Å². The Labute approximate surface area is 128 Å². The van der Waals surface area contributed by atoms with Crippen LogP contribution < -0.4 is 0 Å². The van der Waals surface area contributed by atoms with Gasteiger partial charge in [-0.1, -0.05) is 65.2 Å². The zero-order valence-corrected chi connectivity index (χ0v) is 14.8. The van der Waals surface area contributed by atoms with Gasteiger partial charge in [0.05, 0.1) is 27.2 Å². The van der Waals surface area contributed by atoms with E-state index in [-0.39, 0.29) is 0 Å². The lowest BCUT2D eigenvalue weighted by molar-refractivity contribution is -0.909. The zero-order valence-electron chi connectivity index (χ0n) is 14.8. The maximum absolute atomic E-state index is 5.66. The Morgan fingerprint density at radius 3 is 1.65 bits per heavy atom. The summed E-state index contributed by atoms with van der Waals surface area (Å²) in [6, 6.07) is 0. The molecule has 0 radical (unpaired) electrons. The molecule has 20 heavy (non-hydrogen) atoms. The maximum atomic E-state index is 5.66. The first kappa shape index (κ1) is 19.9. The molecule has 0 unspecified atom stereocenters. The number of hydrogen-bond donors (Lipinski definition) is 0. The van der Waals surface area contributed by atoms with E-state index in [2.05, 4.69) is 27.9 Å². The summed E-state index contributed by atoms with van der Waals surface area (Å²) in [6.07, 6.45) is 15.3. The Morgan fingerprint density at radius 1 is 0.650 bits per heavy atom. The van der Waals surface area contributed by atoms with Crippen molar-refractivity contribution in [2.75, 3.05) is 34.0 Å². The molecule has 0 atom stereocenters. The van der Waals surface area contributed by atoms with Gasteiger partial charge in [0.2, 0.25) is 0 Å². The lowest BCUT2D eigenvalue weighted by atomic mass is 10.1. The van der Waals surface area contributed by atoms with Crippen molar-refractivity contribution in [1.29, 1.82) is 0 Å². The Hall–Kier alpha value is -0.0800. The van der Waals surface area contributed by atoms with Gasteiger partial charge < -0.3 is 9.22 Å². The second-order valence-electron chi connectivity index (χ2n) is 6.88. The topological polar surface area (TPSA) is 9.23 Å². The van der Waals surface area contributed by atoms with Crippen LogP contribution in [0.15, 0.2) is 0 Å². The van der Waals surface area contributed by atoms with Crippen LogP contribution in [0.5, 0.6) is 0 Å². The Kier molecular flexibility index (Phi) is 13.8. The molecule has 0 N–H and O–H groups in total. The van der Waals surface area contributed by atoms with E-state index in [4.69, 9.17) is 4.74 Å². The SMILES string of the molecule is CCCCCCCCCCCC[N+](C)(C)COCCC. The molecule has 0 aliphatic rings. The summed E-state index contributed by atoms with van der Waals surface area (Å²) < 4.78 is 6.67. The summed E-state index contributed by atoms with van der Waals surface area (Å²) in [4.78, 5) is 0. The van der Waals surface area contributed by atoms with E-state index in [0.717, 1.165) is 24.2 Å². The van der Waals surface area contributed by atoms with Crippen LogP contribution in [0.3, 0.4) is 0 Å². The van der Waals surface area contributed by atoms with E-state index in [9.17, 15) is 0 Å². The third-order valence-corrected chi connectivity index (χ3v) is 3.91. The summed E-state index contributed by atoms with van der Waals surface area (Å²) in [5.41, 5.74) is 0. The van der Waals surface area contributed by atoms with Gasteiger partial charge in [0.25, 0.3) is 0 Å². The predicted octanol–water partition coefficient (Wildman–Crippen LogP) is 5.37. The van der Waals surface area contributed by atoms with Crippen LogP contribution in [0.1, 0.15) is 84.5 Å². The van der Waals surface area contributed by atoms with E-state index in [1.54, 1.807) is 0 Å². The molecule has 0 aromatic carbocycles. The fourth-order valence-corrected chi connectivity index (χ4v) is 2.55. The molecule has 0 saturated carbocycles. The van der Waals surface area contributed by atoms with Gasteiger partial charge >= 0.3 is 0 Å². The van der Waals surface area contributed by atoms with Gasteiger partial charge in [-0.3, -0.25) is 0 Å². The molecule has 0 aromatic heterocycles. The third kappa shape index (κ3) is 14.3. The molecule has 0 aliphatic heterocycles. The average molecular weight is 287 g/mol. The summed E-state index contributed by atoms with van der Waals surface area (Å²) >= 11 is 0. The molecule has 0 aromatic rings. The Balaban J connectivity index is 3.25. The quantitative estimate of drug-likeness (QED) is 0.223. The molecule has 0 rings (SSSR count). The summed E-state index contributed by atoms with van der Waals surface area (Å²) in [5.74, 6) is 0. The summed E-state index contributed by atoms with van der Waals surface area (Å²) in [7, 11) is 4.56. The molecule has 0 heterocycles. The maximum Gasteiger partial charge on any atom is 0.182 e. The number of quaternary nitrogens is 1. The molecule has 0 fully saturated rings. The molecule has 122 valence electrons. The van der Waals surface area contributed by atoms with Gasteiger partial charge in [0, 0.05) is 0 Å². The van der Waals surface area contributed by atoms with E-state index in [1.165, 1.54) is 70.8 Å². The first-order chi connectivity index (χ1) is 9.62. The standard InChI is InChI=1S/C18H40NO/c1-5-7-8-9-10-11-12-13-14-15-16-19(3,4)18-20-17-6-2/h5-18H2,1-4H3/q+1. The largest absolute Gasteiger partial charge is 0.332 e. The lowest BCUT2D eigenvalue weighted by Crippen LogP contribution is -2.42. The number of hydrogen-bond acceptors (Lipinski definition) is 1. The average Bonchev–Trinajstić information content (AvgIpc) is 2.41. The second kappa shape index (κ2) is 13.9. The molecular weight excluding hydrogens is 246 g/mol. The summed E-state index contributed by atoms with van der Waals surface area (Å²) in [5, 5.41) is 0. The van der Waals surface area contributed by atoms with Crippen molar-refractivity contribution in [2.45, 2.75) is 84.5 Å². The first-order valence-electron chi connectivity index (χ1n) is 9.02. The van der Waals surface area contributed by atoms with Crippen molar-refractivity contribution in [3.05, 3.63) is 0 Å². The van der Waals surface area contributed by atoms with Crippen LogP contribution in [0.2, 0.25) is 0 Å². The van der Waals surface area contributed by atoms with Crippen LogP contribution in [-0.4, -0.2) is 38.5 Å². The molecule has 0 bridgehead atoms. The highest BCUT2D eigenvalue weighted by molar-refractivity contribution is 4.47. The summed E-state index contributed by atoms with van der Waals surface area (Å²) in [6.45, 7) is 7.47. The van der Waals surface area contributed by atoms with Crippen LogP contribution in [-0.2, 0) is 4.74 Å². The molecular formula is C18H40NO+. The van der Waals surface area contributed by atoms with Crippen molar-refractivity contribution >= 4 is 0 Å². The van der Waals surface area contributed by atoms with Crippen molar-refractivity contribution in [2.24, 2.45) is 0 Å². The van der Waals surface area contributed by atoms with E-state index < -0.39 is 0 Å². The van der Waals surface area contributed by atoms with E-state index >= 15 is 0 Å². The van der Waals surface area contributed by atoms with E-state index in [1.807, 2.05) is 0 Å². The van der Waals surface area contributed by atoms with E-state index in [0.29, 0.717) is 0 Å². The predicted molar refractivity (Wildman–Crippen MR) is 89.9 cm³/mol. The van der Waals surface area contributed by atoms with Gasteiger partial charge in [-0.15, -0.1) is 0 Å². The van der Waals surface area contributed by atoms with Crippen LogP contribution in [0.4, 0.5) is 0 Å². The van der Waals surface area contributed by atoms with Crippen molar-refractivity contribution < 1.29 is 9.22 Å². The molecule has 0 saturated heterocycles. The highest BCUT2D eigenvalue weighted by Crippen LogP contribution is 2.11. The van der Waals surface area contributed by atoms with Crippen LogP contribution >= 0.6 is 0 Å². The smallest absolute Gasteiger partial charge is 0.182 e. The monoisotopic (exact) mass is 286 g/mol. The van der Waals surface area contributed by atoms with Gasteiger partial charge in [0.15, 0.2) is 6.73 Å². The first-order valence-corrected chi connectivity index (χ1v) is 9.02. The minimum absolute atomic E-state index is 0.866. The molecule has 2 nitrogen and oxygen atoms in total. The molecule has 0 spiro atoms. The van der Waals surface area contributed by atoms with Gasteiger partial charge in [0.1, 0.15) is 0 Å². The Morgan fingerprint density at radius 2 is 1.15 bits per heavy atom. The number of ether oxygens (including phenoxy) is 1. The molecule has 0 aliphatic carbocycles. The highest BCUT2D eigenvalue weighted by atomic mass is 16.5. The number of rotatable bonds is 15. The third-order valence-electron chi connectivity index (χ3n) is 3.91. The zero-order chi connectivity index (χ0) is 15.1. The van der Waals surface area contributed by atoms with Crippen LogP contribution in [0.25, 0.3) is 0 Å². The number of unbranched alkanes of at least 4 members (excludes halogenated alkanes) is 9. The number of nitrogens with zero attached hydrogens (tertiary/aromatic N) is 1. The molecule has 2 heteroatoms. The van der Waals surface area contributed by atoms with Crippen molar-refractivity contribution in [3.63, 3.8) is 0 Å². The van der Waals surface area contributed by atoms with Crippen molar-refractivity contribution in [3.8, 4) is 0 Å². The highest BCUT2D eigenvalue weighted by Gasteiger charge is 2.13. The van der Waals surface area contributed by atoms with Gasteiger partial charge in [-0.05, 0) is 19.3 Å². The second-order valence-corrected chi connectivity index (χ2v) is 6.88. The fraction of sp³-hybridized carbons (Fsp3) is 1.00. The van der Waals surface area contributed by atoms with Gasteiger partial charge in [-0.25, -0.2) is 0 Å². The lowest BCUT2D eigenvalue weighted by Gasteiger charge is -2.29. The minimum Gasteiger partial charge on any atom is -0.332 e. The normalized spacial score (nSPS) is 12.0.